The lowest BCUT2D eigenvalue weighted by molar-refractivity contribution is -0.117. The number of anilines is 1. The molecule has 6 nitrogen and oxygen atoms in total. The second kappa shape index (κ2) is 6.96. The molecule has 148 valence electrons. The Morgan fingerprint density at radius 2 is 1.93 bits per heavy atom. The molecule has 0 saturated heterocycles. The number of benzene rings is 2. The Labute approximate surface area is 175 Å². The van der Waals surface area contributed by atoms with E-state index in [4.69, 9.17) is 4.42 Å². The molecule has 3 heterocycles. The molecule has 0 bridgehead atoms. The number of ketones is 1. The number of Topliss-reactive ketones (excluding diaryl/α,β-unsaturated/α-hetero) is 1. The first-order valence-corrected chi connectivity index (χ1v) is 10.1. The molecule has 1 N–H and O–H groups in total. The van der Waals surface area contributed by atoms with Crippen LogP contribution in [-0.2, 0) is 4.79 Å². The molecule has 0 spiro atoms. The van der Waals surface area contributed by atoms with Crippen LogP contribution in [-0.4, -0.2) is 21.8 Å². The molecule has 1 amide bonds. The zero-order valence-electron chi connectivity index (χ0n) is 15.9. The molecule has 4 aromatic rings. The van der Waals surface area contributed by atoms with Crippen LogP contribution in [0.2, 0.25) is 0 Å². The van der Waals surface area contributed by atoms with Crippen LogP contribution in [0.5, 0.6) is 0 Å². The minimum atomic E-state index is -0.807. The number of aryl methyl sites for hydroxylation is 1. The van der Waals surface area contributed by atoms with Gasteiger partial charge in [0.05, 0.1) is 28.1 Å². The highest BCUT2D eigenvalue weighted by atomic mass is 32.1. The summed E-state index contributed by atoms with van der Waals surface area (Å²) in [5, 5.41) is 11.1. The lowest BCUT2D eigenvalue weighted by Gasteiger charge is -2.24. The second-order valence-electron chi connectivity index (χ2n) is 7.02. The van der Waals surface area contributed by atoms with Crippen LogP contribution in [0.25, 0.3) is 10.2 Å². The molecular weight excluding hydrogens is 400 g/mol. The van der Waals surface area contributed by atoms with Gasteiger partial charge in [-0.2, -0.15) is 0 Å². The normalized spacial score (nSPS) is 16.6. The fourth-order valence-electron chi connectivity index (χ4n) is 3.65. The number of hydrogen-bond donors (Lipinski definition) is 1. The van der Waals surface area contributed by atoms with Gasteiger partial charge in [-0.3, -0.25) is 14.5 Å². The van der Waals surface area contributed by atoms with E-state index in [2.05, 4.69) is 4.98 Å². The highest BCUT2D eigenvalue weighted by Crippen LogP contribution is 2.44. The Kier molecular flexibility index (Phi) is 4.25. The molecule has 1 aliphatic rings. The number of fused-ring (bicyclic) bond motifs is 1. The summed E-state index contributed by atoms with van der Waals surface area (Å²) in [6.07, 6.45) is 1.38. The molecule has 30 heavy (non-hydrogen) atoms. The summed E-state index contributed by atoms with van der Waals surface area (Å²) in [5.74, 6) is -1.71. The minimum absolute atomic E-state index is 0.0170. The largest absolute Gasteiger partial charge is 0.503 e. The van der Waals surface area contributed by atoms with E-state index in [1.807, 2.05) is 55.5 Å². The third-order valence-electron chi connectivity index (χ3n) is 5.05. The maximum Gasteiger partial charge on any atom is 0.296 e. The van der Waals surface area contributed by atoms with Gasteiger partial charge in [0.15, 0.2) is 16.7 Å². The van der Waals surface area contributed by atoms with E-state index in [9.17, 15) is 14.7 Å². The molecule has 0 unspecified atom stereocenters. The van der Waals surface area contributed by atoms with Gasteiger partial charge in [0.1, 0.15) is 0 Å². The monoisotopic (exact) mass is 416 g/mol. The Hall–Kier alpha value is -3.71. The van der Waals surface area contributed by atoms with Crippen molar-refractivity contribution in [3.63, 3.8) is 0 Å². The van der Waals surface area contributed by atoms with Crippen molar-refractivity contribution in [1.29, 1.82) is 0 Å². The maximum absolute atomic E-state index is 13.1. The van der Waals surface area contributed by atoms with Gasteiger partial charge in [0.2, 0.25) is 5.78 Å². The summed E-state index contributed by atoms with van der Waals surface area (Å²) in [4.78, 5) is 32.2. The third-order valence-corrected chi connectivity index (χ3v) is 6.07. The van der Waals surface area contributed by atoms with E-state index in [0.717, 1.165) is 15.8 Å². The topological polar surface area (TPSA) is 83.6 Å². The van der Waals surface area contributed by atoms with Gasteiger partial charge in [0.25, 0.3) is 5.91 Å². The quantitative estimate of drug-likeness (QED) is 0.474. The van der Waals surface area contributed by atoms with Crippen LogP contribution >= 0.6 is 11.3 Å². The van der Waals surface area contributed by atoms with E-state index < -0.39 is 23.5 Å². The van der Waals surface area contributed by atoms with Crippen LogP contribution in [0.4, 0.5) is 5.13 Å². The number of carbonyl (C=O) groups excluding carboxylic acids is 2. The molecule has 0 aliphatic carbocycles. The predicted octanol–water partition coefficient (Wildman–Crippen LogP) is 4.98. The molecule has 0 saturated carbocycles. The highest BCUT2D eigenvalue weighted by Gasteiger charge is 2.46. The molecule has 7 heteroatoms. The molecule has 1 aliphatic heterocycles. The van der Waals surface area contributed by atoms with Gasteiger partial charge < -0.3 is 9.52 Å². The first-order chi connectivity index (χ1) is 14.5. The molecule has 2 aromatic carbocycles. The van der Waals surface area contributed by atoms with Crippen molar-refractivity contribution in [3.05, 3.63) is 95.1 Å². The fourth-order valence-corrected chi connectivity index (χ4v) is 4.74. The van der Waals surface area contributed by atoms with Gasteiger partial charge in [-0.15, -0.1) is 0 Å². The number of aliphatic hydroxyl groups excluding tert-OH is 1. The zero-order valence-corrected chi connectivity index (χ0v) is 16.7. The molecule has 0 fully saturated rings. The van der Waals surface area contributed by atoms with E-state index in [0.29, 0.717) is 10.7 Å². The molecule has 2 aromatic heterocycles. The van der Waals surface area contributed by atoms with E-state index >= 15 is 0 Å². The first-order valence-electron chi connectivity index (χ1n) is 9.31. The number of furan rings is 1. The first kappa shape index (κ1) is 18.3. The summed E-state index contributed by atoms with van der Waals surface area (Å²) in [6.45, 7) is 1.99. The highest BCUT2D eigenvalue weighted by molar-refractivity contribution is 7.22. The summed E-state index contributed by atoms with van der Waals surface area (Å²) in [7, 11) is 0. The summed E-state index contributed by atoms with van der Waals surface area (Å²) in [6, 6.07) is 17.3. The van der Waals surface area contributed by atoms with Crippen molar-refractivity contribution in [2.75, 3.05) is 4.90 Å². The van der Waals surface area contributed by atoms with Crippen molar-refractivity contribution in [2.45, 2.75) is 13.0 Å². The van der Waals surface area contributed by atoms with Crippen LogP contribution < -0.4 is 4.90 Å². The van der Waals surface area contributed by atoms with Crippen molar-refractivity contribution in [2.24, 2.45) is 0 Å². The standard InChI is InChI=1S/C23H16N2O4S/c1-13-9-10-15-17(12-13)30-23(24-15)25-19(14-6-3-2-4-7-14)18(21(27)22(25)28)20(26)16-8-5-11-29-16/h2-12,19,27H,1H3/t19-/m1/s1. The van der Waals surface area contributed by atoms with Gasteiger partial charge >= 0.3 is 0 Å². The smallest absolute Gasteiger partial charge is 0.296 e. The number of hydrogen-bond acceptors (Lipinski definition) is 6. The number of aromatic nitrogens is 1. The third kappa shape index (κ3) is 2.83. The molecule has 0 radical (unpaired) electrons. The van der Waals surface area contributed by atoms with E-state index in [1.54, 1.807) is 6.07 Å². The minimum Gasteiger partial charge on any atom is -0.503 e. The number of amides is 1. The van der Waals surface area contributed by atoms with Crippen molar-refractivity contribution < 1.29 is 19.1 Å². The van der Waals surface area contributed by atoms with Crippen molar-refractivity contribution in [3.8, 4) is 0 Å². The maximum atomic E-state index is 13.1. The Morgan fingerprint density at radius 1 is 1.13 bits per heavy atom. The van der Waals surface area contributed by atoms with E-state index in [-0.39, 0.29) is 11.3 Å². The molecular formula is C23H16N2O4S. The Morgan fingerprint density at radius 3 is 2.67 bits per heavy atom. The van der Waals surface area contributed by atoms with Crippen LogP contribution in [0.1, 0.15) is 27.7 Å². The Balaban J connectivity index is 1.68. The second-order valence-corrected chi connectivity index (χ2v) is 8.03. The van der Waals surface area contributed by atoms with Crippen molar-refractivity contribution in [1.82, 2.24) is 4.98 Å². The number of thiazole rings is 1. The summed E-state index contributed by atoms with van der Waals surface area (Å²) >= 11 is 1.35. The summed E-state index contributed by atoms with van der Waals surface area (Å²) in [5.41, 5.74) is 2.52. The predicted molar refractivity (Wildman–Crippen MR) is 114 cm³/mol. The van der Waals surface area contributed by atoms with Gasteiger partial charge in [-0.1, -0.05) is 47.7 Å². The van der Waals surface area contributed by atoms with E-state index in [1.165, 1.54) is 28.6 Å². The number of aliphatic hydroxyl groups is 1. The van der Waals surface area contributed by atoms with Crippen LogP contribution in [0, 0.1) is 6.92 Å². The van der Waals surface area contributed by atoms with Crippen LogP contribution in [0.15, 0.2) is 82.7 Å². The van der Waals surface area contributed by atoms with Gasteiger partial charge in [0, 0.05) is 0 Å². The average Bonchev–Trinajstić information content (AvgIpc) is 3.47. The number of rotatable bonds is 4. The average molecular weight is 416 g/mol. The van der Waals surface area contributed by atoms with Gasteiger partial charge in [-0.25, -0.2) is 4.98 Å². The Bertz CT molecular complexity index is 1310. The fraction of sp³-hybridized carbons (Fsp3) is 0.0870. The SMILES string of the molecule is Cc1ccc2nc(N3C(=O)C(O)=C(C(=O)c4ccco4)[C@H]3c3ccccc3)sc2c1. The lowest BCUT2D eigenvalue weighted by atomic mass is 9.95. The zero-order chi connectivity index (χ0) is 20.8. The summed E-state index contributed by atoms with van der Waals surface area (Å²) < 4.78 is 6.17. The lowest BCUT2D eigenvalue weighted by Crippen LogP contribution is -2.30. The molecule has 5 rings (SSSR count). The number of carbonyl (C=O) groups is 2. The number of nitrogens with zero attached hydrogens (tertiary/aromatic N) is 2. The van der Waals surface area contributed by atoms with Crippen LogP contribution in [0.3, 0.4) is 0 Å². The van der Waals surface area contributed by atoms with Gasteiger partial charge in [-0.05, 0) is 42.3 Å². The van der Waals surface area contributed by atoms with Crippen molar-refractivity contribution >= 4 is 38.4 Å². The molecule has 1 atom stereocenters.